The van der Waals surface area contributed by atoms with E-state index in [1.54, 1.807) is 18.2 Å². The summed E-state index contributed by atoms with van der Waals surface area (Å²) in [4.78, 5) is 75.8. The standard InChI is InChI=1S/C40H50N4O7/c1-2-3-4-5-6-7-8-9-10-11-12-13-14-15-16-17-18-19-20-24-35(45)41-33(25-28-37(47)48)38(49)42-32-23-21-22-30-31(32)29-44(40(30)51)34-26-27-36(46)43-39(34)50/h3-4,6-7,9-10,12-13,15-16,18-19,21-23,33-34H,2,5,8,11,14,17,20,24-29H2,1H3,(H,41,45)(H,42,49)(H,47,48)(H,43,46,50)/t33-,34?/m0/s1. The highest BCUT2D eigenvalue weighted by Gasteiger charge is 2.40. The number of imide groups is 1. The monoisotopic (exact) mass is 698 g/mol. The molecule has 2 aliphatic rings. The SMILES string of the molecule is CCC=CCC=CCC=CCC=CCC=CCC=CCCC(=O)N[C@@H](CCC(=O)O)C(=O)Nc1cccc2c1CN(C1CCC(=O)NC1=O)C2=O. The summed E-state index contributed by atoms with van der Waals surface area (Å²) in [5.74, 6) is -3.43. The van der Waals surface area contributed by atoms with Gasteiger partial charge in [-0.2, -0.15) is 0 Å². The first-order valence-corrected chi connectivity index (χ1v) is 17.7. The second-order valence-electron chi connectivity index (χ2n) is 12.2. The summed E-state index contributed by atoms with van der Waals surface area (Å²) in [5, 5.41) is 16.9. The molecule has 1 unspecified atom stereocenters. The lowest BCUT2D eigenvalue weighted by molar-refractivity contribution is -0.138. The number of carbonyl (C=O) groups excluding carboxylic acids is 5. The third kappa shape index (κ3) is 14.2. The summed E-state index contributed by atoms with van der Waals surface area (Å²) in [6, 6.07) is 2.87. The molecule has 1 aromatic rings. The Balaban J connectivity index is 1.41. The van der Waals surface area contributed by atoms with Crippen LogP contribution in [0.1, 0.15) is 99.9 Å². The van der Waals surface area contributed by atoms with Crippen LogP contribution in [0.5, 0.6) is 0 Å². The lowest BCUT2D eigenvalue weighted by Crippen LogP contribution is -2.52. The summed E-state index contributed by atoms with van der Waals surface area (Å²) in [7, 11) is 0. The molecule has 11 nitrogen and oxygen atoms in total. The third-order valence-corrected chi connectivity index (χ3v) is 8.27. The summed E-state index contributed by atoms with van der Waals surface area (Å²) >= 11 is 0. The van der Waals surface area contributed by atoms with E-state index in [1.165, 1.54) is 4.90 Å². The Labute approximate surface area is 300 Å². The lowest BCUT2D eigenvalue weighted by Gasteiger charge is -2.29. The third-order valence-electron chi connectivity index (χ3n) is 8.27. The molecule has 2 heterocycles. The molecule has 1 aromatic carbocycles. The molecule has 51 heavy (non-hydrogen) atoms. The first kappa shape index (κ1) is 40.1. The highest BCUT2D eigenvalue weighted by atomic mass is 16.4. The highest BCUT2D eigenvalue weighted by Crippen LogP contribution is 2.32. The van der Waals surface area contributed by atoms with Gasteiger partial charge in [0.05, 0.1) is 0 Å². The van der Waals surface area contributed by atoms with Crippen molar-refractivity contribution in [3.8, 4) is 0 Å². The van der Waals surface area contributed by atoms with Gasteiger partial charge in [0.15, 0.2) is 0 Å². The van der Waals surface area contributed by atoms with E-state index in [0.717, 1.165) is 38.5 Å². The molecule has 0 spiro atoms. The number of carboxylic acid groups (broad SMARTS) is 1. The number of carboxylic acids is 1. The van der Waals surface area contributed by atoms with E-state index >= 15 is 0 Å². The molecule has 0 bridgehead atoms. The largest absolute Gasteiger partial charge is 0.481 e. The van der Waals surface area contributed by atoms with Gasteiger partial charge in [-0.05, 0) is 69.9 Å². The van der Waals surface area contributed by atoms with E-state index in [0.29, 0.717) is 23.2 Å². The molecule has 0 aliphatic carbocycles. The normalized spacial score (nSPS) is 17.1. The van der Waals surface area contributed by atoms with Crippen molar-refractivity contribution in [3.63, 3.8) is 0 Å². The molecule has 2 atom stereocenters. The zero-order valence-corrected chi connectivity index (χ0v) is 29.4. The predicted molar refractivity (Wildman–Crippen MR) is 197 cm³/mol. The van der Waals surface area contributed by atoms with E-state index in [1.807, 2.05) is 12.2 Å². The fourth-order valence-electron chi connectivity index (χ4n) is 5.58. The van der Waals surface area contributed by atoms with Gasteiger partial charge in [-0.3, -0.25) is 34.1 Å². The number of amides is 5. The van der Waals surface area contributed by atoms with Crippen LogP contribution >= 0.6 is 0 Å². The Hall–Kier alpha value is -5.32. The van der Waals surface area contributed by atoms with Crippen LogP contribution in [0.4, 0.5) is 5.69 Å². The minimum atomic E-state index is -1.11. The van der Waals surface area contributed by atoms with Crippen molar-refractivity contribution < 1.29 is 33.9 Å². The topological polar surface area (TPSA) is 162 Å². The maximum Gasteiger partial charge on any atom is 0.303 e. The Kier molecular flexibility index (Phi) is 17.6. The van der Waals surface area contributed by atoms with Crippen molar-refractivity contribution >= 4 is 41.2 Å². The van der Waals surface area contributed by atoms with Crippen LogP contribution in [0.2, 0.25) is 0 Å². The van der Waals surface area contributed by atoms with E-state index in [4.69, 9.17) is 0 Å². The van der Waals surface area contributed by atoms with Gasteiger partial charge >= 0.3 is 5.97 Å². The number of nitrogens with zero attached hydrogens (tertiary/aromatic N) is 1. The fourth-order valence-corrected chi connectivity index (χ4v) is 5.58. The van der Waals surface area contributed by atoms with Crippen molar-refractivity contribution in [1.82, 2.24) is 15.5 Å². The van der Waals surface area contributed by atoms with Crippen LogP contribution < -0.4 is 16.0 Å². The van der Waals surface area contributed by atoms with Crippen molar-refractivity contribution in [1.29, 1.82) is 0 Å². The van der Waals surface area contributed by atoms with Gasteiger partial charge in [0.1, 0.15) is 12.1 Å². The maximum atomic E-state index is 13.3. The van der Waals surface area contributed by atoms with Gasteiger partial charge in [0, 0.05) is 42.6 Å². The van der Waals surface area contributed by atoms with Gasteiger partial charge in [-0.1, -0.05) is 85.9 Å². The molecule has 1 fully saturated rings. The van der Waals surface area contributed by atoms with Gasteiger partial charge < -0.3 is 20.6 Å². The summed E-state index contributed by atoms with van der Waals surface area (Å²) in [6.07, 6.45) is 31.2. The second kappa shape index (κ2) is 22.4. The Morgan fingerprint density at radius 3 is 2.02 bits per heavy atom. The zero-order chi connectivity index (χ0) is 36.8. The van der Waals surface area contributed by atoms with E-state index in [-0.39, 0.29) is 50.5 Å². The van der Waals surface area contributed by atoms with Gasteiger partial charge in [0.25, 0.3) is 5.91 Å². The number of hydrogen-bond donors (Lipinski definition) is 4. The Morgan fingerprint density at radius 2 is 1.45 bits per heavy atom. The molecule has 272 valence electrons. The molecule has 5 amide bonds. The Morgan fingerprint density at radius 1 is 0.863 bits per heavy atom. The molecule has 1 saturated heterocycles. The zero-order valence-electron chi connectivity index (χ0n) is 29.4. The van der Waals surface area contributed by atoms with E-state index < -0.39 is 35.8 Å². The number of hydrogen-bond acceptors (Lipinski definition) is 6. The van der Waals surface area contributed by atoms with Gasteiger partial charge in [-0.15, -0.1) is 0 Å². The number of carbonyl (C=O) groups is 6. The molecule has 3 rings (SSSR count). The van der Waals surface area contributed by atoms with E-state index in [2.05, 4.69) is 83.6 Å². The number of aliphatic carboxylic acids is 1. The van der Waals surface area contributed by atoms with Crippen molar-refractivity contribution in [2.75, 3.05) is 5.32 Å². The molecule has 2 aliphatic heterocycles. The number of anilines is 1. The van der Waals surface area contributed by atoms with Crippen molar-refractivity contribution in [3.05, 3.63) is 102 Å². The molecule has 4 N–H and O–H groups in total. The predicted octanol–water partition coefficient (Wildman–Crippen LogP) is 6.21. The number of fused-ring (bicyclic) bond motifs is 1. The summed E-state index contributed by atoms with van der Waals surface area (Å²) < 4.78 is 0. The molecular weight excluding hydrogens is 648 g/mol. The van der Waals surface area contributed by atoms with Crippen LogP contribution in [0.3, 0.4) is 0 Å². The first-order chi connectivity index (χ1) is 24.7. The minimum absolute atomic E-state index is 0.0506. The summed E-state index contributed by atoms with van der Waals surface area (Å²) in [6.45, 7) is 2.18. The maximum absolute atomic E-state index is 13.3. The molecule has 0 aromatic heterocycles. The van der Waals surface area contributed by atoms with Crippen LogP contribution in [0.15, 0.2) is 91.1 Å². The van der Waals surface area contributed by atoms with Crippen molar-refractivity contribution in [2.45, 2.75) is 103 Å². The van der Waals surface area contributed by atoms with Gasteiger partial charge in [-0.25, -0.2) is 0 Å². The quantitative estimate of drug-likeness (QED) is 0.0876. The van der Waals surface area contributed by atoms with Crippen LogP contribution in [0.25, 0.3) is 0 Å². The van der Waals surface area contributed by atoms with E-state index in [9.17, 15) is 33.9 Å². The Bertz CT molecular complexity index is 1570. The smallest absolute Gasteiger partial charge is 0.303 e. The molecule has 11 heteroatoms. The number of rotatable bonds is 21. The minimum Gasteiger partial charge on any atom is -0.481 e. The molecular formula is C40H50N4O7. The number of allylic oxidation sites excluding steroid dienone is 12. The van der Waals surface area contributed by atoms with Gasteiger partial charge in [0.2, 0.25) is 23.6 Å². The van der Waals surface area contributed by atoms with Crippen molar-refractivity contribution in [2.24, 2.45) is 0 Å². The summed E-state index contributed by atoms with van der Waals surface area (Å²) in [5.41, 5.74) is 1.15. The highest BCUT2D eigenvalue weighted by molar-refractivity contribution is 6.07. The molecule has 0 radical (unpaired) electrons. The van der Waals surface area contributed by atoms with Crippen LogP contribution in [-0.2, 0) is 30.5 Å². The first-order valence-electron chi connectivity index (χ1n) is 17.7. The average Bonchev–Trinajstić information content (AvgIpc) is 3.44. The molecule has 0 saturated carbocycles. The lowest BCUT2D eigenvalue weighted by atomic mass is 10.0. The number of benzene rings is 1. The fraction of sp³-hybridized carbons (Fsp3) is 0.400. The number of piperidine rings is 1. The van der Waals surface area contributed by atoms with Crippen LogP contribution in [0, 0.1) is 0 Å². The average molecular weight is 699 g/mol. The number of nitrogens with one attached hydrogen (secondary N) is 3. The van der Waals surface area contributed by atoms with Crippen LogP contribution in [-0.4, -0.2) is 57.6 Å². The second-order valence-corrected chi connectivity index (χ2v) is 12.2.